The molecule has 0 atom stereocenters. The molecule has 0 radical (unpaired) electrons. The number of ether oxygens (including phenoxy) is 1. The van der Waals surface area contributed by atoms with Crippen molar-refractivity contribution in [3.8, 4) is 5.75 Å². The topological polar surface area (TPSA) is 78.9 Å². The molecule has 1 heterocycles. The molecule has 4 rings (SSSR count). The zero-order valence-electron chi connectivity index (χ0n) is 19.9. The fourth-order valence-electron chi connectivity index (χ4n) is 4.69. The number of carbonyl (C=O) groups excluding carboxylic acids is 1. The fourth-order valence-corrected chi connectivity index (χ4v) is 6.08. The Morgan fingerprint density at radius 2 is 1.71 bits per heavy atom. The van der Waals surface area contributed by atoms with Gasteiger partial charge in [-0.15, -0.1) is 0 Å². The standard InChI is InChI=1S/C26H35N3O4S/c1-21-18-24(34(31,32)27-23-10-6-3-7-11-23)12-13-25(21)33-20-26(30)29-16-14-28(15-17-29)19-22-8-4-2-5-9-22/h2,4-5,8-9,12-13,18,23,27H,3,6-7,10-11,14-17,19-20H2,1H3. The molecule has 34 heavy (non-hydrogen) atoms. The van der Waals surface area contributed by atoms with Crippen molar-refractivity contribution in [2.24, 2.45) is 0 Å². The molecule has 0 bridgehead atoms. The van der Waals surface area contributed by atoms with E-state index in [4.69, 9.17) is 4.74 Å². The molecule has 1 amide bonds. The molecule has 2 aromatic carbocycles. The van der Waals surface area contributed by atoms with Gasteiger partial charge in [-0.2, -0.15) is 0 Å². The molecule has 2 fully saturated rings. The molecular weight excluding hydrogens is 450 g/mol. The second-order valence-corrected chi connectivity index (χ2v) is 11.0. The van der Waals surface area contributed by atoms with Crippen LogP contribution < -0.4 is 9.46 Å². The third kappa shape index (κ3) is 6.58. The average molecular weight is 486 g/mol. The Labute approximate surface area is 203 Å². The van der Waals surface area contributed by atoms with Crippen molar-refractivity contribution >= 4 is 15.9 Å². The predicted molar refractivity (Wildman–Crippen MR) is 132 cm³/mol. The van der Waals surface area contributed by atoms with E-state index < -0.39 is 10.0 Å². The monoisotopic (exact) mass is 485 g/mol. The van der Waals surface area contributed by atoms with Gasteiger partial charge in [-0.1, -0.05) is 49.6 Å². The van der Waals surface area contributed by atoms with Crippen molar-refractivity contribution in [3.63, 3.8) is 0 Å². The summed E-state index contributed by atoms with van der Waals surface area (Å²) in [7, 11) is -3.56. The van der Waals surface area contributed by atoms with Crippen LogP contribution in [0, 0.1) is 6.92 Å². The number of hydrogen-bond donors (Lipinski definition) is 1. The van der Waals surface area contributed by atoms with E-state index in [2.05, 4.69) is 21.8 Å². The van der Waals surface area contributed by atoms with Gasteiger partial charge in [0.15, 0.2) is 6.61 Å². The predicted octanol–water partition coefficient (Wildman–Crippen LogP) is 3.33. The Balaban J connectivity index is 1.26. The van der Waals surface area contributed by atoms with Crippen LogP contribution in [0.2, 0.25) is 0 Å². The number of amides is 1. The van der Waals surface area contributed by atoms with E-state index in [0.29, 0.717) is 24.4 Å². The molecule has 0 unspecified atom stereocenters. The van der Waals surface area contributed by atoms with Gasteiger partial charge in [-0.05, 0) is 49.1 Å². The quantitative estimate of drug-likeness (QED) is 0.621. The molecule has 0 aromatic heterocycles. The minimum absolute atomic E-state index is 0.0146. The maximum atomic E-state index is 12.8. The van der Waals surface area contributed by atoms with Crippen LogP contribution in [0.3, 0.4) is 0 Å². The summed E-state index contributed by atoms with van der Waals surface area (Å²) < 4.78 is 34.1. The van der Waals surface area contributed by atoms with Crippen molar-refractivity contribution in [3.05, 3.63) is 59.7 Å². The molecule has 1 saturated carbocycles. The van der Waals surface area contributed by atoms with Crippen molar-refractivity contribution in [1.82, 2.24) is 14.5 Å². The van der Waals surface area contributed by atoms with E-state index in [-0.39, 0.29) is 23.5 Å². The Bertz CT molecular complexity index is 1060. The Hall–Kier alpha value is -2.42. The van der Waals surface area contributed by atoms with E-state index in [1.165, 1.54) is 12.0 Å². The van der Waals surface area contributed by atoms with Gasteiger partial charge >= 0.3 is 0 Å². The van der Waals surface area contributed by atoms with Crippen LogP contribution in [-0.4, -0.2) is 63.0 Å². The van der Waals surface area contributed by atoms with Gasteiger partial charge in [0.2, 0.25) is 10.0 Å². The highest BCUT2D eigenvalue weighted by Crippen LogP contribution is 2.24. The third-order valence-electron chi connectivity index (χ3n) is 6.71. The summed E-state index contributed by atoms with van der Waals surface area (Å²) in [6, 6.07) is 15.2. The van der Waals surface area contributed by atoms with Crippen molar-refractivity contribution in [2.45, 2.75) is 56.5 Å². The largest absolute Gasteiger partial charge is 0.483 e. The molecular formula is C26H35N3O4S. The number of rotatable bonds is 8. The number of sulfonamides is 1. The summed E-state index contributed by atoms with van der Waals surface area (Å²) in [4.78, 5) is 17.1. The molecule has 7 nitrogen and oxygen atoms in total. The first-order chi connectivity index (χ1) is 16.4. The molecule has 1 saturated heterocycles. The van der Waals surface area contributed by atoms with Gasteiger partial charge in [0, 0.05) is 38.8 Å². The lowest BCUT2D eigenvalue weighted by atomic mass is 9.96. The van der Waals surface area contributed by atoms with Gasteiger partial charge in [0.05, 0.1) is 4.90 Å². The molecule has 2 aromatic rings. The summed E-state index contributed by atoms with van der Waals surface area (Å²) in [5.41, 5.74) is 1.98. The maximum absolute atomic E-state index is 12.8. The second-order valence-electron chi connectivity index (χ2n) is 9.31. The van der Waals surface area contributed by atoms with Crippen molar-refractivity contribution in [2.75, 3.05) is 32.8 Å². The van der Waals surface area contributed by atoms with Crippen LogP contribution in [0.5, 0.6) is 5.75 Å². The highest BCUT2D eigenvalue weighted by molar-refractivity contribution is 7.89. The fraction of sp³-hybridized carbons (Fsp3) is 0.500. The number of carbonyl (C=O) groups is 1. The van der Waals surface area contributed by atoms with Crippen LogP contribution in [0.15, 0.2) is 53.4 Å². The number of aryl methyl sites for hydroxylation is 1. The zero-order valence-corrected chi connectivity index (χ0v) is 20.7. The number of piperazine rings is 1. The highest BCUT2D eigenvalue weighted by atomic mass is 32.2. The van der Waals surface area contributed by atoms with Crippen molar-refractivity contribution < 1.29 is 17.9 Å². The van der Waals surface area contributed by atoms with E-state index in [1.54, 1.807) is 18.2 Å². The van der Waals surface area contributed by atoms with Gasteiger partial charge in [-0.3, -0.25) is 9.69 Å². The van der Waals surface area contributed by atoms with Crippen molar-refractivity contribution in [1.29, 1.82) is 0 Å². The summed E-state index contributed by atoms with van der Waals surface area (Å²) in [6.07, 6.45) is 5.08. The maximum Gasteiger partial charge on any atom is 0.260 e. The van der Waals surface area contributed by atoms with Crippen LogP contribution in [0.4, 0.5) is 0 Å². The molecule has 1 aliphatic heterocycles. The van der Waals surface area contributed by atoms with Crippen LogP contribution in [-0.2, 0) is 21.4 Å². The number of benzene rings is 2. The molecule has 0 spiro atoms. The third-order valence-corrected chi connectivity index (χ3v) is 8.23. The Kier molecular flexibility index (Phi) is 8.24. The van der Waals surface area contributed by atoms with E-state index >= 15 is 0 Å². The first-order valence-corrected chi connectivity index (χ1v) is 13.7. The lowest BCUT2D eigenvalue weighted by Gasteiger charge is -2.34. The Morgan fingerprint density at radius 1 is 1.00 bits per heavy atom. The lowest BCUT2D eigenvalue weighted by Crippen LogP contribution is -2.49. The van der Waals surface area contributed by atoms with Gasteiger partial charge in [0.25, 0.3) is 5.91 Å². The lowest BCUT2D eigenvalue weighted by molar-refractivity contribution is -0.135. The Morgan fingerprint density at radius 3 is 2.38 bits per heavy atom. The van der Waals surface area contributed by atoms with E-state index in [9.17, 15) is 13.2 Å². The molecule has 8 heteroatoms. The molecule has 184 valence electrons. The number of nitrogens with zero attached hydrogens (tertiary/aromatic N) is 2. The van der Waals surface area contributed by atoms with Crippen LogP contribution in [0.25, 0.3) is 0 Å². The zero-order chi connectivity index (χ0) is 24.0. The first kappa shape index (κ1) is 24.7. The molecule has 1 aliphatic carbocycles. The summed E-state index contributed by atoms with van der Waals surface area (Å²) in [5, 5.41) is 0. The first-order valence-electron chi connectivity index (χ1n) is 12.2. The summed E-state index contributed by atoms with van der Waals surface area (Å²) in [6.45, 7) is 5.67. The minimum atomic E-state index is -3.56. The number of hydrogen-bond acceptors (Lipinski definition) is 5. The summed E-state index contributed by atoms with van der Waals surface area (Å²) in [5.74, 6) is 0.488. The molecule has 1 N–H and O–H groups in total. The summed E-state index contributed by atoms with van der Waals surface area (Å²) >= 11 is 0. The van der Waals surface area contributed by atoms with Gasteiger partial charge in [-0.25, -0.2) is 13.1 Å². The smallest absolute Gasteiger partial charge is 0.260 e. The van der Waals surface area contributed by atoms with Gasteiger partial charge in [0.1, 0.15) is 5.75 Å². The van der Waals surface area contributed by atoms with E-state index in [0.717, 1.165) is 45.3 Å². The second kappa shape index (κ2) is 11.3. The van der Waals surface area contributed by atoms with Crippen LogP contribution in [0.1, 0.15) is 43.2 Å². The van der Waals surface area contributed by atoms with E-state index in [1.807, 2.05) is 30.0 Å². The van der Waals surface area contributed by atoms with Crippen LogP contribution >= 0.6 is 0 Å². The highest BCUT2D eigenvalue weighted by Gasteiger charge is 2.24. The SMILES string of the molecule is Cc1cc(S(=O)(=O)NC2CCCCC2)ccc1OCC(=O)N1CCN(Cc2ccccc2)CC1. The van der Waals surface area contributed by atoms with Gasteiger partial charge < -0.3 is 9.64 Å². The minimum Gasteiger partial charge on any atom is -0.483 e. The average Bonchev–Trinajstić information content (AvgIpc) is 2.84. The normalized spacial score (nSPS) is 18.1. The number of nitrogens with one attached hydrogen (secondary N) is 1. The molecule has 2 aliphatic rings.